The third-order valence-corrected chi connectivity index (χ3v) is 6.96. The van der Waals surface area contributed by atoms with Gasteiger partial charge in [0, 0.05) is 16.7 Å². The molecule has 3 aromatic rings. The van der Waals surface area contributed by atoms with Gasteiger partial charge in [0.05, 0.1) is 12.7 Å². The fraction of sp³-hybridized carbons (Fsp3) is 0.520. The highest BCUT2D eigenvalue weighted by Crippen LogP contribution is 2.41. The first-order valence-electron chi connectivity index (χ1n) is 11.1. The molecule has 1 aliphatic heterocycles. The van der Waals surface area contributed by atoms with E-state index in [9.17, 15) is 0 Å². The molecule has 2 heterocycles. The average Bonchev–Trinajstić information content (AvgIpc) is 3.39. The maximum absolute atomic E-state index is 15.4. The maximum atomic E-state index is 15.4. The van der Waals surface area contributed by atoms with E-state index in [1.807, 2.05) is 24.3 Å². The lowest BCUT2D eigenvalue weighted by molar-refractivity contribution is -0.00169. The lowest BCUT2D eigenvalue weighted by Gasteiger charge is -2.29. The van der Waals surface area contributed by atoms with E-state index in [1.165, 1.54) is 0 Å². The minimum absolute atomic E-state index is 0.0274. The number of hydrogen-bond acceptors (Lipinski definition) is 2. The van der Waals surface area contributed by atoms with Gasteiger partial charge in [-0.2, -0.15) is 0 Å². The number of benzene rings is 2. The van der Waals surface area contributed by atoms with Crippen LogP contribution in [0.15, 0.2) is 28.7 Å². The molecule has 2 atom stereocenters. The topological polar surface area (TPSA) is 22.4 Å². The first-order chi connectivity index (χ1) is 14.2. The molecule has 0 N–H and O–H groups in total. The van der Waals surface area contributed by atoms with E-state index in [-0.39, 0.29) is 40.7 Å². The first kappa shape index (κ1) is 19.0. The second kappa shape index (κ2) is 7.71. The summed E-state index contributed by atoms with van der Waals surface area (Å²) in [6, 6.07) is 7.49. The van der Waals surface area contributed by atoms with Gasteiger partial charge in [0.1, 0.15) is 0 Å². The highest BCUT2D eigenvalue weighted by Gasteiger charge is 2.28. The van der Waals surface area contributed by atoms with Gasteiger partial charge in [-0.15, -0.1) is 0 Å². The van der Waals surface area contributed by atoms with Crippen molar-refractivity contribution in [3.63, 3.8) is 0 Å². The van der Waals surface area contributed by atoms with Gasteiger partial charge in [-0.1, -0.05) is 38.3 Å². The van der Waals surface area contributed by atoms with Crippen molar-refractivity contribution in [1.82, 2.24) is 0 Å². The fourth-order valence-electron chi connectivity index (χ4n) is 5.34. The molecule has 1 aromatic heterocycles. The Hall–Kier alpha value is -1.94. The number of halogens is 2. The van der Waals surface area contributed by atoms with Crippen molar-refractivity contribution in [2.45, 2.75) is 76.2 Å². The predicted molar refractivity (Wildman–Crippen MR) is 111 cm³/mol. The van der Waals surface area contributed by atoms with Crippen molar-refractivity contribution in [1.29, 1.82) is 0 Å². The molecule has 2 fully saturated rings. The molecule has 1 aliphatic carbocycles. The van der Waals surface area contributed by atoms with Gasteiger partial charge in [-0.25, -0.2) is 8.78 Å². The predicted octanol–water partition coefficient (Wildman–Crippen LogP) is 7.58. The SMILES string of the molecule is CCCC1CCC(c2ccc3c(oc4c(F)c(C5CCCC5)ccc43)c2F)CO1. The van der Waals surface area contributed by atoms with Crippen LogP contribution in [0.3, 0.4) is 0 Å². The minimum Gasteiger partial charge on any atom is -0.450 e. The summed E-state index contributed by atoms with van der Waals surface area (Å²) in [5.41, 5.74) is 1.72. The highest BCUT2D eigenvalue weighted by molar-refractivity contribution is 6.05. The Morgan fingerprint density at radius 1 is 0.828 bits per heavy atom. The molecular formula is C25H28F2O2. The normalized spacial score (nSPS) is 23.4. The van der Waals surface area contributed by atoms with Gasteiger partial charge in [0.25, 0.3) is 0 Å². The van der Waals surface area contributed by atoms with Gasteiger partial charge >= 0.3 is 0 Å². The van der Waals surface area contributed by atoms with Crippen LogP contribution in [0, 0.1) is 11.6 Å². The summed E-state index contributed by atoms with van der Waals surface area (Å²) in [4.78, 5) is 0. The van der Waals surface area contributed by atoms with E-state index in [4.69, 9.17) is 9.15 Å². The summed E-state index contributed by atoms with van der Waals surface area (Å²) in [5, 5.41) is 1.31. The lowest BCUT2D eigenvalue weighted by Crippen LogP contribution is -2.25. The van der Waals surface area contributed by atoms with Crippen LogP contribution >= 0.6 is 0 Å². The third-order valence-electron chi connectivity index (χ3n) is 6.96. The quantitative estimate of drug-likeness (QED) is 0.452. The molecule has 0 spiro atoms. The van der Waals surface area contributed by atoms with Crippen molar-refractivity contribution in [2.24, 2.45) is 0 Å². The Kier molecular flexibility index (Phi) is 5.07. The lowest BCUT2D eigenvalue weighted by atomic mass is 9.89. The van der Waals surface area contributed by atoms with E-state index in [0.717, 1.165) is 56.9 Å². The summed E-state index contributed by atoms with van der Waals surface area (Å²) in [7, 11) is 0. The van der Waals surface area contributed by atoms with Gasteiger partial charge in [0.2, 0.25) is 0 Å². The monoisotopic (exact) mass is 398 g/mol. The molecule has 4 heteroatoms. The Bertz CT molecular complexity index is 1020. The van der Waals surface area contributed by atoms with Gasteiger partial charge < -0.3 is 9.15 Å². The second-order valence-corrected chi connectivity index (χ2v) is 8.79. The van der Waals surface area contributed by atoms with Crippen molar-refractivity contribution in [3.8, 4) is 0 Å². The molecule has 29 heavy (non-hydrogen) atoms. The zero-order chi connectivity index (χ0) is 20.0. The standard InChI is InChI=1S/C25H28F2O2/c1-2-5-17-9-8-16(14-28-17)19-11-13-21-20-12-10-18(15-6-3-4-7-15)22(26)24(20)29-25(21)23(19)27/h10-13,15-17H,2-9,14H2,1H3. The second-order valence-electron chi connectivity index (χ2n) is 8.79. The summed E-state index contributed by atoms with van der Waals surface area (Å²) in [6.07, 6.45) is 8.62. The molecule has 0 amide bonds. The smallest absolute Gasteiger partial charge is 0.171 e. The summed E-state index contributed by atoms with van der Waals surface area (Å²) in [6.45, 7) is 2.69. The van der Waals surface area contributed by atoms with Crippen molar-refractivity contribution >= 4 is 21.9 Å². The molecule has 2 aliphatic rings. The fourth-order valence-corrected chi connectivity index (χ4v) is 5.34. The number of ether oxygens (including phenoxy) is 1. The van der Waals surface area contributed by atoms with Gasteiger partial charge in [-0.3, -0.25) is 0 Å². The van der Waals surface area contributed by atoms with Crippen LogP contribution in [0.4, 0.5) is 8.78 Å². The first-order valence-corrected chi connectivity index (χ1v) is 11.1. The molecule has 1 saturated heterocycles. The average molecular weight is 398 g/mol. The van der Waals surface area contributed by atoms with Gasteiger partial charge in [-0.05, 0) is 61.3 Å². The molecule has 1 saturated carbocycles. The molecule has 5 rings (SSSR count). The van der Waals surface area contributed by atoms with Gasteiger partial charge in [0.15, 0.2) is 22.8 Å². The highest BCUT2D eigenvalue weighted by atomic mass is 19.1. The Labute approximate surface area is 170 Å². The summed E-state index contributed by atoms with van der Waals surface area (Å²) >= 11 is 0. The third kappa shape index (κ3) is 3.26. The zero-order valence-electron chi connectivity index (χ0n) is 17.0. The Morgan fingerprint density at radius 2 is 1.45 bits per heavy atom. The molecule has 2 aromatic carbocycles. The van der Waals surface area contributed by atoms with Crippen LogP contribution in [0.5, 0.6) is 0 Å². The van der Waals surface area contributed by atoms with Crippen LogP contribution in [-0.4, -0.2) is 12.7 Å². The van der Waals surface area contributed by atoms with Crippen LogP contribution in [0.1, 0.15) is 81.3 Å². The summed E-state index contributed by atoms with van der Waals surface area (Å²) < 4.78 is 42.4. The molecule has 154 valence electrons. The van der Waals surface area contributed by atoms with E-state index < -0.39 is 0 Å². The zero-order valence-corrected chi connectivity index (χ0v) is 17.0. The Morgan fingerprint density at radius 3 is 2.00 bits per heavy atom. The number of furan rings is 1. The van der Waals surface area contributed by atoms with Crippen LogP contribution < -0.4 is 0 Å². The molecular weight excluding hydrogens is 370 g/mol. The van der Waals surface area contributed by atoms with Crippen molar-refractivity contribution in [2.75, 3.05) is 6.61 Å². The number of hydrogen-bond donors (Lipinski definition) is 0. The van der Waals surface area contributed by atoms with Crippen molar-refractivity contribution < 1.29 is 17.9 Å². The molecule has 0 radical (unpaired) electrons. The number of fused-ring (bicyclic) bond motifs is 3. The molecule has 0 bridgehead atoms. The van der Waals surface area contributed by atoms with Crippen LogP contribution in [0.25, 0.3) is 21.9 Å². The Balaban J connectivity index is 1.52. The van der Waals surface area contributed by atoms with Crippen molar-refractivity contribution in [3.05, 3.63) is 47.0 Å². The minimum atomic E-state index is -0.358. The maximum Gasteiger partial charge on any atom is 0.171 e. The van der Waals surface area contributed by atoms with E-state index in [0.29, 0.717) is 22.9 Å². The largest absolute Gasteiger partial charge is 0.450 e. The van der Waals surface area contributed by atoms with E-state index >= 15 is 8.78 Å². The van der Waals surface area contributed by atoms with Crippen LogP contribution in [-0.2, 0) is 4.74 Å². The molecule has 2 unspecified atom stereocenters. The van der Waals surface area contributed by atoms with E-state index in [2.05, 4.69) is 6.92 Å². The van der Waals surface area contributed by atoms with Crippen LogP contribution in [0.2, 0.25) is 0 Å². The van der Waals surface area contributed by atoms with E-state index in [1.54, 1.807) is 0 Å². The number of rotatable bonds is 4. The molecule has 2 nitrogen and oxygen atoms in total. The summed E-state index contributed by atoms with van der Waals surface area (Å²) in [5.74, 6) is -0.388.